The molecule has 1 fully saturated rings. The summed E-state index contributed by atoms with van der Waals surface area (Å²) in [7, 11) is 0. The molecule has 0 radical (unpaired) electrons. The van der Waals surface area contributed by atoms with Gasteiger partial charge in [0.2, 0.25) is 5.78 Å². The van der Waals surface area contributed by atoms with E-state index in [1.54, 1.807) is 11.8 Å². The molecule has 0 aliphatic heterocycles. The molecule has 0 saturated heterocycles. The highest BCUT2D eigenvalue weighted by Gasteiger charge is 2.28. The summed E-state index contributed by atoms with van der Waals surface area (Å²) in [6.07, 6.45) is 2.66. The summed E-state index contributed by atoms with van der Waals surface area (Å²) in [5, 5.41) is 0. The molecule has 4 nitrogen and oxygen atoms in total. The van der Waals surface area contributed by atoms with E-state index >= 15 is 0 Å². The second-order valence-electron chi connectivity index (χ2n) is 6.38. The van der Waals surface area contributed by atoms with Crippen LogP contribution in [0.1, 0.15) is 47.1 Å². The molecule has 1 saturated carbocycles. The van der Waals surface area contributed by atoms with Crippen LogP contribution in [0, 0.1) is 13.8 Å². The Bertz CT molecular complexity index is 763. The van der Waals surface area contributed by atoms with E-state index in [0.29, 0.717) is 23.8 Å². The van der Waals surface area contributed by atoms with Gasteiger partial charge in [0, 0.05) is 33.6 Å². The number of rotatable bonds is 8. The lowest BCUT2D eigenvalue weighted by molar-refractivity contribution is -0.141. The van der Waals surface area contributed by atoms with Crippen molar-refractivity contribution in [2.75, 3.05) is 12.4 Å². The zero-order valence-corrected chi connectivity index (χ0v) is 15.5. The van der Waals surface area contributed by atoms with Crippen molar-refractivity contribution in [1.82, 2.24) is 4.57 Å². The summed E-state index contributed by atoms with van der Waals surface area (Å²) in [5.74, 6) is 0.199. The first-order valence-electron chi connectivity index (χ1n) is 8.61. The molecule has 0 bridgehead atoms. The van der Waals surface area contributed by atoms with Gasteiger partial charge < -0.3 is 9.30 Å². The lowest BCUT2D eigenvalue weighted by Gasteiger charge is -2.08. The van der Waals surface area contributed by atoms with E-state index in [2.05, 4.69) is 4.57 Å². The number of hydrogen-bond donors (Lipinski definition) is 0. The van der Waals surface area contributed by atoms with Crippen molar-refractivity contribution in [2.24, 2.45) is 0 Å². The highest BCUT2D eigenvalue weighted by atomic mass is 32.2. The second-order valence-corrected chi connectivity index (χ2v) is 7.55. The Morgan fingerprint density at radius 3 is 2.60 bits per heavy atom. The van der Waals surface area contributed by atoms with Gasteiger partial charge in [-0.2, -0.15) is 0 Å². The second kappa shape index (κ2) is 7.91. The molecule has 132 valence electrons. The van der Waals surface area contributed by atoms with Crippen LogP contribution >= 0.6 is 11.8 Å². The van der Waals surface area contributed by atoms with Crippen LogP contribution in [0.2, 0.25) is 0 Å². The third-order valence-corrected chi connectivity index (χ3v) is 5.39. The summed E-state index contributed by atoms with van der Waals surface area (Å²) < 4.78 is 7.39. The number of aryl methyl sites for hydroxylation is 1. The van der Waals surface area contributed by atoms with E-state index in [4.69, 9.17) is 4.74 Å². The van der Waals surface area contributed by atoms with E-state index in [0.717, 1.165) is 16.3 Å². The molecule has 1 aliphatic carbocycles. The average molecular weight is 357 g/mol. The standard InChI is InChI=1S/C20H23NO3S/c1-14-12-18(15(2)21(14)16-8-9-16)19(22)13-24-20(23)10-11-25-17-6-4-3-5-7-17/h3-7,12,16H,8-11,13H2,1-2H3. The molecule has 0 N–H and O–H groups in total. The number of thioether (sulfide) groups is 1. The van der Waals surface area contributed by atoms with Crippen LogP contribution in [0.4, 0.5) is 0 Å². The van der Waals surface area contributed by atoms with E-state index in [1.807, 2.05) is 50.2 Å². The Balaban J connectivity index is 1.46. The minimum atomic E-state index is -0.326. The van der Waals surface area contributed by atoms with E-state index < -0.39 is 0 Å². The number of aromatic nitrogens is 1. The molecule has 3 rings (SSSR count). The number of ketones is 1. The molecule has 1 aliphatic rings. The fraction of sp³-hybridized carbons (Fsp3) is 0.400. The predicted molar refractivity (Wildman–Crippen MR) is 99.2 cm³/mol. The maximum Gasteiger partial charge on any atom is 0.307 e. The van der Waals surface area contributed by atoms with E-state index in [1.165, 1.54) is 12.8 Å². The first-order valence-corrected chi connectivity index (χ1v) is 9.60. The Morgan fingerprint density at radius 1 is 1.20 bits per heavy atom. The topological polar surface area (TPSA) is 48.3 Å². The van der Waals surface area contributed by atoms with Gasteiger partial charge in [-0.1, -0.05) is 18.2 Å². The van der Waals surface area contributed by atoms with Crippen molar-refractivity contribution in [3.63, 3.8) is 0 Å². The van der Waals surface area contributed by atoms with Gasteiger partial charge in [0.1, 0.15) is 0 Å². The molecule has 5 heteroatoms. The first kappa shape index (κ1) is 17.8. The summed E-state index contributed by atoms with van der Waals surface area (Å²) in [6, 6.07) is 12.4. The van der Waals surface area contributed by atoms with Gasteiger partial charge in [-0.15, -0.1) is 11.8 Å². The van der Waals surface area contributed by atoms with Gasteiger partial charge in [-0.25, -0.2) is 0 Å². The number of carbonyl (C=O) groups is 2. The van der Waals surface area contributed by atoms with Gasteiger partial charge in [-0.3, -0.25) is 9.59 Å². The molecule has 25 heavy (non-hydrogen) atoms. The summed E-state index contributed by atoms with van der Waals surface area (Å²) in [4.78, 5) is 25.4. The van der Waals surface area contributed by atoms with Gasteiger partial charge >= 0.3 is 5.97 Å². The van der Waals surface area contributed by atoms with Gasteiger partial charge in [-0.05, 0) is 44.9 Å². The largest absolute Gasteiger partial charge is 0.457 e. The molecule has 0 unspecified atom stereocenters. The summed E-state index contributed by atoms with van der Waals surface area (Å²) in [6.45, 7) is 3.82. The Hall–Kier alpha value is -2.01. The molecule has 0 amide bonds. The SMILES string of the molecule is Cc1cc(C(=O)COC(=O)CCSc2ccccc2)c(C)n1C1CC1. The number of Topliss-reactive ketones (excluding diaryl/α,β-unsaturated/α-hetero) is 1. The van der Waals surface area contributed by atoms with Crippen LogP contribution in [0.25, 0.3) is 0 Å². The maximum absolute atomic E-state index is 12.4. The number of hydrogen-bond acceptors (Lipinski definition) is 4. The fourth-order valence-electron chi connectivity index (χ4n) is 3.02. The van der Waals surface area contributed by atoms with Crippen LogP contribution in [-0.2, 0) is 9.53 Å². The molecular weight excluding hydrogens is 334 g/mol. The number of benzene rings is 1. The molecule has 1 aromatic carbocycles. The number of carbonyl (C=O) groups excluding carboxylic acids is 2. The van der Waals surface area contributed by atoms with Crippen molar-refractivity contribution in [1.29, 1.82) is 0 Å². The first-order chi connectivity index (χ1) is 12.1. The average Bonchev–Trinajstić information content (AvgIpc) is 3.39. The van der Waals surface area contributed by atoms with Crippen LogP contribution in [0.3, 0.4) is 0 Å². The van der Waals surface area contributed by atoms with E-state index in [-0.39, 0.29) is 18.4 Å². The number of nitrogens with zero attached hydrogens (tertiary/aromatic N) is 1. The fourth-order valence-corrected chi connectivity index (χ4v) is 3.87. The van der Waals surface area contributed by atoms with Crippen LogP contribution in [0.15, 0.2) is 41.3 Å². The van der Waals surface area contributed by atoms with Crippen molar-refractivity contribution in [2.45, 2.75) is 44.0 Å². The van der Waals surface area contributed by atoms with Crippen LogP contribution in [0.5, 0.6) is 0 Å². The predicted octanol–water partition coefficient (Wildman–Crippen LogP) is 4.35. The third kappa shape index (κ3) is 4.54. The van der Waals surface area contributed by atoms with Gasteiger partial charge in [0.15, 0.2) is 6.61 Å². The van der Waals surface area contributed by atoms with Gasteiger partial charge in [0.25, 0.3) is 0 Å². The number of esters is 1. The smallest absolute Gasteiger partial charge is 0.307 e. The summed E-state index contributed by atoms with van der Waals surface area (Å²) >= 11 is 1.61. The third-order valence-electron chi connectivity index (χ3n) is 4.38. The highest BCUT2D eigenvalue weighted by molar-refractivity contribution is 7.99. The zero-order chi connectivity index (χ0) is 17.8. The van der Waals surface area contributed by atoms with Gasteiger partial charge in [0.05, 0.1) is 6.42 Å². The lowest BCUT2D eigenvalue weighted by atomic mass is 10.1. The highest BCUT2D eigenvalue weighted by Crippen LogP contribution is 2.38. The minimum absolute atomic E-state index is 0.121. The van der Waals surface area contributed by atoms with Crippen molar-refractivity contribution in [3.8, 4) is 0 Å². The molecule has 0 atom stereocenters. The van der Waals surface area contributed by atoms with Crippen LogP contribution in [-0.4, -0.2) is 28.7 Å². The normalized spacial score (nSPS) is 13.7. The van der Waals surface area contributed by atoms with Crippen molar-refractivity contribution in [3.05, 3.63) is 53.3 Å². The Labute approximate surface area is 152 Å². The van der Waals surface area contributed by atoms with Crippen molar-refractivity contribution >= 4 is 23.5 Å². The zero-order valence-electron chi connectivity index (χ0n) is 14.7. The quantitative estimate of drug-likeness (QED) is 0.400. The molecule has 1 heterocycles. The van der Waals surface area contributed by atoms with Crippen LogP contribution < -0.4 is 0 Å². The molecule has 1 aromatic heterocycles. The monoisotopic (exact) mass is 357 g/mol. The minimum Gasteiger partial charge on any atom is -0.457 e. The van der Waals surface area contributed by atoms with E-state index in [9.17, 15) is 9.59 Å². The Morgan fingerprint density at radius 2 is 1.92 bits per heavy atom. The lowest BCUT2D eigenvalue weighted by Crippen LogP contribution is -2.15. The molecule has 2 aromatic rings. The number of ether oxygens (including phenoxy) is 1. The molecular formula is C20H23NO3S. The summed E-state index contributed by atoms with van der Waals surface area (Å²) in [5.41, 5.74) is 2.77. The Kier molecular flexibility index (Phi) is 5.63. The van der Waals surface area contributed by atoms with Crippen molar-refractivity contribution < 1.29 is 14.3 Å². The maximum atomic E-state index is 12.4. The molecule has 0 spiro atoms.